The second-order valence-electron chi connectivity index (χ2n) is 7.46. The van der Waals surface area contributed by atoms with E-state index in [1.54, 1.807) is 43.3 Å². The van der Waals surface area contributed by atoms with Crippen LogP contribution >= 0.6 is 11.3 Å². The molecule has 1 aliphatic rings. The van der Waals surface area contributed by atoms with Gasteiger partial charge < -0.3 is 19.0 Å². The Balaban J connectivity index is 1.81. The summed E-state index contributed by atoms with van der Waals surface area (Å²) in [5.41, 5.74) is 0.549. The summed E-state index contributed by atoms with van der Waals surface area (Å²) in [7, 11) is 1.24. The Morgan fingerprint density at radius 2 is 1.97 bits per heavy atom. The lowest BCUT2D eigenvalue weighted by molar-refractivity contribution is -0.132. The third-order valence-corrected chi connectivity index (χ3v) is 6.36. The highest BCUT2D eigenvalue weighted by Crippen LogP contribution is 2.44. The van der Waals surface area contributed by atoms with Crippen molar-refractivity contribution in [3.63, 3.8) is 0 Å². The van der Waals surface area contributed by atoms with Crippen LogP contribution in [-0.4, -0.2) is 41.5 Å². The number of nitrogens with zero attached hydrogens (tertiary/aromatic N) is 2. The number of rotatable bonds is 7. The van der Waals surface area contributed by atoms with Crippen molar-refractivity contribution in [1.29, 1.82) is 0 Å². The van der Waals surface area contributed by atoms with E-state index in [0.717, 1.165) is 22.7 Å². The average molecular weight is 483 g/mol. The lowest BCUT2D eigenvalue weighted by Gasteiger charge is -2.20. The summed E-state index contributed by atoms with van der Waals surface area (Å²) >= 11 is 0.920. The molecule has 1 atom stereocenters. The van der Waals surface area contributed by atoms with Crippen molar-refractivity contribution in [1.82, 2.24) is 4.98 Å². The van der Waals surface area contributed by atoms with Gasteiger partial charge in [-0.15, -0.1) is 0 Å². The summed E-state index contributed by atoms with van der Waals surface area (Å²) in [6.45, 7) is 4.15. The predicted molar refractivity (Wildman–Crippen MR) is 124 cm³/mol. The molecule has 9 nitrogen and oxygen atoms in total. The van der Waals surface area contributed by atoms with Gasteiger partial charge in [-0.25, -0.2) is 9.78 Å². The molecular formula is C24H22N2O7S. The molecule has 1 aliphatic heterocycles. The van der Waals surface area contributed by atoms with Crippen molar-refractivity contribution in [3.8, 4) is 5.75 Å². The Morgan fingerprint density at radius 1 is 1.24 bits per heavy atom. The fourth-order valence-electron chi connectivity index (χ4n) is 3.60. The maximum atomic E-state index is 13.1. The van der Waals surface area contributed by atoms with Gasteiger partial charge >= 0.3 is 11.9 Å². The predicted octanol–water partition coefficient (Wildman–Crippen LogP) is 4.25. The van der Waals surface area contributed by atoms with Crippen molar-refractivity contribution >= 4 is 39.9 Å². The topological polar surface area (TPSA) is 119 Å². The molecule has 4 rings (SSSR count). The standard InChI is InChI=1S/C24H22N2O7S/c1-4-11-32-15-9-7-14(8-10-15)19(27)17-18(16-6-5-12-33-16)26(22(29)20(17)28)24-25-13(2)21(34-24)23(30)31-3/h5-10,12,18,27H,4,11H2,1-3H3/b19-17+/t18-/m0/s1. The van der Waals surface area contributed by atoms with E-state index in [9.17, 15) is 19.5 Å². The number of benzene rings is 1. The lowest BCUT2D eigenvalue weighted by Crippen LogP contribution is -2.29. The molecule has 0 radical (unpaired) electrons. The molecule has 176 valence electrons. The zero-order chi connectivity index (χ0) is 24.4. The highest BCUT2D eigenvalue weighted by Gasteiger charge is 2.49. The molecule has 3 heterocycles. The SMILES string of the molecule is CCCOc1ccc(/C(O)=C2\C(=O)C(=O)N(c3nc(C)c(C(=O)OC)s3)[C@H]2c2ccco2)cc1. The van der Waals surface area contributed by atoms with Gasteiger partial charge in [-0.1, -0.05) is 18.3 Å². The molecule has 0 saturated carbocycles. The number of ether oxygens (including phenoxy) is 2. The van der Waals surface area contributed by atoms with E-state index < -0.39 is 23.7 Å². The fourth-order valence-corrected chi connectivity index (χ4v) is 4.61. The van der Waals surface area contributed by atoms with E-state index in [-0.39, 0.29) is 27.1 Å². The molecule has 1 fully saturated rings. The van der Waals surface area contributed by atoms with Crippen molar-refractivity contribution in [2.45, 2.75) is 26.3 Å². The Kier molecular flexibility index (Phi) is 6.51. The van der Waals surface area contributed by atoms with Gasteiger partial charge in [-0.3, -0.25) is 14.5 Å². The van der Waals surface area contributed by atoms with Gasteiger partial charge in [0, 0.05) is 5.56 Å². The first-order valence-electron chi connectivity index (χ1n) is 10.5. The van der Waals surface area contributed by atoms with E-state index >= 15 is 0 Å². The minimum atomic E-state index is -1.07. The second kappa shape index (κ2) is 9.52. The van der Waals surface area contributed by atoms with Crippen LogP contribution in [0.1, 0.15) is 46.1 Å². The lowest BCUT2D eigenvalue weighted by atomic mass is 9.99. The number of esters is 1. The average Bonchev–Trinajstić information content (AvgIpc) is 3.56. The largest absolute Gasteiger partial charge is 0.507 e. The third-order valence-electron chi connectivity index (χ3n) is 5.22. The van der Waals surface area contributed by atoms with E-state index in [1.165, 1.54) is 13.4 Å². The number of methoxy groups -OCH3 is 1. The van der Waals surface area contributed by atoms with Gasteiger partial charge in [-0.05, 0) is 49.7 Å². The number of carbonyl (C=O) groups excluding carboxylic acids is 3. The number of aliphatic hydroxyl groups excluding tert-OH is 1. The molecule has 2 aromatic heterocycles. The summed E-state index contributed by atoms with van der Waals surface area (Å²) < 4.78 is 15.9. The van der Waals surface area contributed by atoms with Crippen LogP contribution in [0.3, 0.4) is 0 Å². The number of ketones is 1. The van der Waals surface area contributed by atoms with Crippen LogP contribution in [0.15, 0.2) is 52.7 Å². The van der Waals surface area contributed by atoms with Gasteiger partial charge in [0.15, 0.2) is 5.13 Å². The number of thiazole rings is 1. The Bertz CT molecular complexity index is 1260. The summed E-state index contributed by atoms with van der Waals surface area (Å²) in [6, 6.07) is 8.71. The minimum absolute atomic E-state index is 0.115. The molecular weight excluding hydrogens is 460 g/mol. The molecule has 1 saturated heterocycles. The zero-order valence-electron chi connectivity index (χ0n) is 18.7. The monoisotopic (exact) mass is 482 g/mol. The van der Waals surface area contributed by atoms with Crippen LogP contribution < -0.4 is 9.64 Å². The van der Waals surface area contributed by atoms with Gasteiger partial charge in [0.25, 0.3) is 5.78 Å². The van der Waals surface area contributed by atoms with Crippen molar-refractivity contribution < 1.29 is 33.4 Å². The number of aryl methyl sites for hydroxylation is 1. The Hall–Kier alpha value is -3.92. The highest BCUT2D eigenvalue weighted by atomic mass is 32.1. The van der Waals surface area contributed by atoms with Crippen LogP contribution in [0.2, 0.25) is 0 Å². The van der Waals surface area contributed by atoms with E-state index in [4.69, 9.17) is 13.9 Å². The third kappa shape index (κ3) is 4.08. The van der Waals surface area contributed by atoms with E-state index in [2.05, 4.69) is 4.98 Å². The number of hydrogen-bond donors (Lipinski definition) is 1. The number of aromatic nitrogens is 1. The van der Waals surface area contributed by atoms with Gasteiger partial charge in [0.05, 0.1) is 31.2 Å². The number of Topliss-reactive ketones (excluding diaryl/α,β-unsaturated/α-hetero) is 1. The summed E-state index contributed by atoms with van der Waals surface area (Å²) in [5.74, 6) is -1.86. The van der Waals surface area contributed by atoms with Crippen LogP contribution in [0.4, 0.5) is 5.13 Å². The quantitative estimate of drug-likeness (QED) is 0.230. The number of amides is 1. The van der Waals surface area contributed by atoms with E-state index in [0.29, 0.717) is 23.6 Å². The van der Waals surface area contributed by atoms with Crippen LogP contribution in [0.25, 0.3) is 5.76 Å². The fraction of sp³-hybridized carbons (Fsp3) is 0.250. The number of carbonyl (C=O) groups is 3. The molecule has 3 aromatic rings. The molecule has 34 heavy (non-hydrogen) atoms. The normalized spacial score (nSPS) is 17.3. The van der Waals surface area contributed by atoms with Crippen LogP contribution in [0.5, 0.6) is 5.75 Å². The van der Waals surface area contributed by atoms with Crippen molar-refractivity contribution in [2.75, 3.05) is 18.6 Å². The number of hydrogen-bond acceptors (Lipinski definition) is 9. The van der Waals surface area contributed by atoms with Crippen LogP contribution in [-0.2, 0) is 14.3 Å². The molecule has 0 unspecified atom stereocenters. The van der Waals surface area contributed by atoms with Crippen molar-refractivity contribution in [2.24, 2.45) is 0 Å². The molecule has 0 bridgehead atoms. The first-order valence-corrected chi connectivity index (χ1v) is 11.3. The first-order chi connectivity index (χ1) is 16.4. The number of furan rings is 1. The van der Waals surface area contributed by atoms with Crippen LogP contribution in [0, 0.1) is 6.92 Å². The Labute approximate surface area is 199 Å². The number of anilines is 1. The van der Waals surface area contributed by atoms with Gasteiger partial charge in [-0.2, -0.15) is 0 Å². The smallest absolute Gasteiger partial charge is 0.350 e. The van der Waals surface area contributed by atoms with Gasteiger partial charge in [0.1, 0.15) is 28.2 Å². The molecule has 10 heteroatoms. The molecule has 1 N–H and O–H groups in total. The number of aliphatic hydroxyl groups is 1. The minimum Gasteiger partial charge on any atom is -0.507 e. The molecule has 1 aromatic carbocycles. The molecule has 0 aliphatic carbocycles. The molecule has 1 amide bonds. The van der Waals surface area contributed by atoms with Gasteiger partial charge in [0.2, 0.25) is 0 Å². The molecule has 0 spiro atoms. The maximum absolute atomic E-state index is 13.1. The first kappa shape index (κ1) is 23.2. The zero-order valence-corrected chi connectivity index (χ0v) is 19.5. The maximum Gasteiger partial charge on any atom is 0.350 e. The Morgan fingerprint density at radius 3 is 2.59 bits per heavy atom. The highest BCUT2D eigenvalue weighted by molar-refractivity contribution is 7.17. The summed E-state index contributed by atoms with van der Waals surface area (Å²) in [5, 5.41) is 11.2. The van der Waals surface area contributed by atoms with E-state index in [1.807, 2.05) is 6.92 Å². The summed E-state index contributed by atoms with van der Waals surface area (Å²) in [6.07, 6.45) is 2.25. The second-order valence-corrected chi connectivity index (χ2v) is 8.44. The summed E-state index contributed by atoms with van der Waals surface area (Å²) in [4.78, 5) is 44.0. The van der Waals surface area contributed by atoms with Crippen molar-refractivity contribution in [3.05, 3.63) is 70.1 Å².